The molecule has 7 nitrogen and oxygen atoms in total. The Morgan fingerprint density at radius 2 is 1.85 bits per heavy atom. The summed E-state index contributed by atoms with van der Waals surface area (Å²) in [6.07, 6.45) is 4.09. The Balaban J connectivity index is 1.38. The maximum atomic E-state index is 13.0. The molecule has 0 spiro atoms. The van der Waals surface area contributed by atoms with Crippen LogP contribution in [0.4, 0.5) is 0 Å². The molecule has 4 aromatic rings. The van der Waals surface area contributed by atoms with Gasteiger partial charge in [-0.1, -0.05) is 30.3 Å². The van der Waals surface area contributed by atoms with E-state index in [1.165, 1.54) is 17.7 Å². The molecule has 39 heavy (non-hydrogen) atoms. The van der Waals surface area contributed by atoms with Crippen molar-refractivity contribution in [1.29, 1.82) is 0 Å². The zero-order valence-electron chi connectivity index (χ0n) is 22.1. The summed E-state index contributed by atoms with van der Waals surface area (Å²) in [6, 6.07) is 19.9. The van der Waals surface area contributed by atoms with Gasteiger partial charge in [-0.2, -0.15) is 0 Å². The first kappa shape index (κ1) is 26.4. The summed E-state index contributed by atoms with van der Waals surface area (Å²) in [7, 11) is 1.58. The van der Waals surface area contributed by atoms with Crippen molar-refractivity contribution in [2.24, 2.45) is 0 Å². The second-order valence-electron chi connectivity index (χ2n) is 9.93. The summed E-state index contributed by atoms with van der Waals surface area (Å²) in [6.45, 7) is 2.02. The van der Waals surface area contributed by atoms with Crippen molar-refractivity contribution in [2.75, 3.05) is 7.11 Å². The number of rotatable bonds is 10. The minimum Gasteiger partial charge on any atom is -0.507 e. The minimum absolute atomic E-state index is 0.0323. The minimum atomic E-state index is -0.548. The van der Waals surface area contributed by atoms with E-state index in [1.807, 2.05) is 25.1 Å². The molecule has 0 amide bonds. The highest BCUT2D eigenvalue weighted by atomic mass is 16.5. The van der Waals surface area contributed by atoms with E-state index in [4.69, 9.17) is 18.6 Å². The maximum absolute atomic E-state index is 13.0. The SMILES string of the molecule is COc1ccc(-c2cc(=O)c3c(O)cc(OC4CCCC4=O)cc3o2)cc1OC(C)CCCc1ccccc1. The summed E-state index contributed by atoms with van der Waals surface area (Å²) in [4.78, 5) is 25.0. The lowest BCUT2D eigenvalue weighted by Crippen LogP contribution is -2.20. The predicted molar refractivity (Wildman–Crippen MR) is 149 cm³/mol. The highest BCUT2D eigenvalue weighted by Crippen LogP contribution is 2.36. The van der Waals surface area contributed by atoms with E-state index >= 15 is 0 Å². The summed E-state index contributed by atoms with van der Waals surface area (Å²) in [5.74, 6) is 1.49. The molecule has 2 unspecified atom stereocenters. The van der Waals surface area contributed by atoms with Crippen LogP contribution in [0.3, 0.4) is 0 Å². The molecule has 1 aliphatic rings. The Morgan fingerprint density at radius 1 is 1.03 bits per heavy atom. The molecule has 0 bridgehead atoms. The Labute approximate surface area is 226 Å². The summed E-state index contributed by atoms with van der Waals surface area (Å²) in [5.41, 5.74) is 1.70. The Bertz CT molecular complexity index is 1520. The van der Waals surface area contributed by atoms with Crippen LogP contribution in [0.25, 0.3) is 22.3 Å². The van der Waals surface area contributed by atoms with Crippen LogP contribution in [0.2, 0.25) is 0 Å². The summed E-state index contributed by atoms with van der Waals surface area (Å²) < 4.78 is 23.6. The molecular weight excluding hydrogens is 496 g/mol. The molecular formula is C32H32O7. The molecule has 1 N–H and O–H groups in total. The largest absolute Gasteiger partial charge is 0.507 e. The predicted octanol–water partition coefficient (Wildman–Crippen LogP) is 6.46. The van der Waals surface area contributed by atoms with Crippen molar-refractivity contribution < 1.29 is 28.5 Å². The van der Waals surface area contributed by atoms with Crippen molar-refractivity contribution in [3.8, 4) is 34.3 Å². The number of carbonyl (C=O) groups excluding carboxylic acids is 1. The third kappa shape index (κ3) is 6.08. The van der Waals surface area contributed by atoms with Gasteiger partial charge in [0, 0.05) is 30.2 Å². The van der Waals surface area contributed by atoms with E-state index in [0.717, 1.165) is 25.7 Å². The third-order valence-electron chi connectivity index (χ3n) is 7.01. The number of ether oxygens (including phenoxy) is 3. The van der Waals surface area contributed by atoms with Gasteiger partial charge in [0.1, 0.15) is 28.2 Å². The molecule has 5 rings (SSSR count). The number of ketones is 1. The first-order valence-corrected chi connectivity index (χ1v) is 13.3. The molecule has 0 saturated heterocycles. The van der Waals surface area contributed by atoms with E-state index in [-0.39, 0.29) is 39.8 Å². The molecule has 3 aromatic carbocycles. The number of hydrogen-bond acceptors (Lipinski definition) is 7. The average molecular weight is 529 g/mol. The summed E-state index contributed by atoms with van der Waals surface area (Å²) in [5, 5.41) is 10.6. The fourth-order valence-electron chi connectivity index (χ4n) is 4.96. The normalized spacial score (nSPS) is 15.8. The number of fused-ring (bicyclic) bond motifs is 1. The van der Waals surface area contributed by atoms with Gasteiger partial charge in [-0.3, -0.25) is 9.59 Å². The van der Waals surface area contributed by atoms with Crippen LogP contribution >= 0.6 is 0 Å². The van der Waals surface area contributed by atoms with Gasteiger partial charge in [0.15, 0.2) is 28.8 Å². The highest BCUT2D eigenvalue weighted by molar-refractivity contribution is 5.87. The van der Waals surface area contributed by atoms with E-state index in [1.54, 1.807) is 31.4 Å². The number of phenolic OH excluding ortho intramolecular Hbond substituents is 1. The zero-order valence-corrected chi connectivity index (χ0v) is 22.1. The first-order chi connectivity index (χ1) is 18.9. The number of benzene rings is 3. The molecule has 1 saturated carbocycles. The van der Waals surface area contributed by atoms with E-state index < -0.39 is 6.10 Å². The number of methoxy groups -OCH3 is 1. The monoisotopic (exact) mass is 528 g/mol. The molecule has 0 aliphatic heterocycles. The lowest BCUT2D eigenvalue weighted by molar-refractivity contribution is -0.123. The van der Waals surface area contributed by atoms with Crippen LogP contribution in [0.1, 0.15) is 44.6 Å². The Kier molecular flexibility index (Phi) is 7.87. The van der Waals surface area contributed by atoms with Gasteiger partial charge in [-0.15, -0.1) is 0 Å². The van der Waals surface area contributed by atoms with Gasteiger partial charge in [0.25, 0.3) is 0 Å². The van der Waals surface area contributed by atoms with Gasteiger partial charge in [-0.25, -0.2) is 0 Å². The number of aryl methyl sites for hydroxylation is 1. The second-order valence-corrected chi connectivity index (χ2v) is 9.93. The molecule has 1 heterocycles. The van der Waals surface area contributed by atoms with Gasteiger partial charge in [0.2, 0.25) is 0 Å². The Morgan fingerprint density at radius 3 is 2.59 bits per heavy atom. The molecule has 1 aliphatic carbocycles. The molecule has 1 fully saturated rings. The van der Waals surface area contributed by atoms with E-state index in [2.05, 4.69) is 12.1 Å². The van der Waals surface area contributed by atoms with Crippen molar-refractivity contribution in [3.63, 3.8) is 0 Å². The van der Waals surface area contributed by atoms with Crippen molar-refractivity contribution in [3.05, 3.63) is 82.5 Å². The molecule has 7 heteroatoms. The molecule has 202 valence electrons. The number of Topliss-reactive ketones (excluding diaryl/α,β-unsaturated/α-hetero) is 1. The van der Waals surface area contributed by atoms with Crippen molar-refractivity contribution in [1.82, 2.24) is 0 Å². The lowest BCUT2D eigenvalue weighted by Gasteiger charge is -2.18. The quantitative estimate of drug-likeness (QED) is 0.252. The van der Waals surface area contributed by atoms with Crippen molar-refractivity contribution >= 4 is 16.8 Å². The number of aromatic hydroxyl groups is 1. The standard InChI is InChI=1S/C32H32O7/c1-20(8-6-11-21-9-4-3-5-10-21)37-30-16-22(14-15-28(30)36-2)29-19-26(35)32-25(34)17-23(18-31(32)39-29)38-27-13-7-12-24(27)33/h3-5,9-10,14-20,27,34H,6-8,11-13H2,1-2H3. The van der Waals surface area contributed by atoms with Crippen LogP contribution in [-0.2, 0) is 11.2 Å². The fraction of sp³-hybridized carbons (Fsp3) is 0.312. The van der Waals surface area contributed by atoms with Crippen LogP contribution in [-0.4, -0.2) is 30.2 Å². The van der Waals surface area contributed by atoms with E-state index in [0.29, 0.717) is 35.7 Å². The first-order valence-electron chi connectivity index (χ1n) is 13.3. The number of carbonyl (C=O) groups is 1. The fourth-order valence-corrected chi connectivity index (χ4v) is 4.96. The lowest BCUT2D eigenvalue weighted by atomic mass is 10.1. The van der Waals surface area contributed by atoms with Crippen molar-refractivity contribution in [2.45, 2.75) is 57.7 Å². The van der Waals surface area contributed by atoms with E-state index in [9.17, 15) is 14.7 Å². The smallest absolute Gasteiger partial charge is 0.197 e. The van der Waals surface area contributed by atoms with Gasteiger partial charge in [-0.05, 0) is 62.8 Å². The maximum Gasteiger partial charge on any atom is 0.197 e. The number of hydrogen-bond donors (Lipinski definition) is 1. The van der Waals surface area contributed by atoms with Gasteiger partial charge in [0.05, 0.1) is 13.2 Å². The van der Waals surface area contributed by atoms with Gasteiger partial charge >= 0.3 is 0 Å². The molecule has 0 radical (unpaired) electrons. The highest BCUT2D eigenvalue weighted by Gasteiger charge is 2.27. The topological polar surface area (TPSA) is 95.2 Å². The van der Waals surface area contributed by atoms with Gasteiger partial charge < -0.3 is 23.7 Å². The van der Waals surface area contributed by atoms with Crippen LogP contribution < -0.4 is 19.6 Å². The van der Waals surface area contributed by atoms with Crippen LogP contribution in [0.5, 0.6) is 23.0 Å². The molecule has 1 aromatic heterocycles. The number of phenols is 1. The Hall–Kier alpha value is -4.26. The van der Waals surface area contributed by atoms with Crippen LogP contribution in [0, 0.1) is 0 Å². The second kappa shape index (κ2) is 11.6. The average Bonchev–Trinajstić information content (AvgIpc) is 3.32. The molecule has 2 atom stereocenters. The summed E-state index contributed by atoms with van der Waals surface area (Å²) >= 11 is 0. The van der Waals surface area contributed by atoms with Crippen LogP contribution in [0.15, 0.2) is 75.9 Å². The third-order valence-corrected chi connectivity index (χ3v) is 7.01. The zero-order chi connectivity index (χ0) is 27.4.